The van der Waals surface area contributed by atoms with Crippen LogP contribution in [0.25, 0.3) is 32.9 Å². The van der Waals surface area contributed by atoms with Crippen molar-refractivity contribution in [3.05, 3.63) is 48.2 Å². The Bertz CT molecular complexity index is 2050. The molecule has 1 spiro atoms. The molecule has 5 heterocycles. The molecule has 1 N–H and O–H groups in total. The summed E-state index contributed by atoms with van der Waals surface area (Å²) in [5.74, 6) is 0.894. The number of hydrogen-bond acceptors (Lipinski definition) is 8. The van der Waals surface area contributed by atoms with E-state index >= 15 is 0 Å². The molecular weight excluding hydrogens is 683 g/mol. The van der Waals surface area contributed by atoms with Crippen molar-refractivity contribution >= 4 is 33.5 Å². The number of halogens is 3. The third-order valence-electron chi connectivity index (χ3n) is 12.3. The van der Waals surface area contributed by atoms with E-state index in [1.54, 1.807) is 6.20 Å². The van der Waals surface area contributed by atoms with Gasteiger partial charge in [-0.3, -0.25) is 9.89 Å². The first kappa shape index (κ1) is 34.4. The minimum atomic E-state index is -4.56. The number of nitrogens with one attached hydrogen (secondary N) is 1. The maximum Gasteiger partial charge on any atom is 0.422 e. The second-order valence-electron chi connectivity index (χ2n) is 16.0. The van der Waals surface area contributed by atoms with E-state index < -0.39 is 12.8 Å². The minimum Gasteiger partial charge on any atom is -0.481 e. The number of rotatable bonds is 9. The number of likely N-dealkylation sites (tertiary alicyclic amines) is 2. The number of piperidine rings is 2. The lowest BCUT2D eigenvalue weighted by Crippen LogP contribution is -2.61. The van der Waals surface area contributed by atoms with Crippen LogP contribution in [-0.4, -0.2) is 100 Å². The van der Waals surface area contributed by atoms with Crippen LogP contribution in [0.4, 0.5) is 19.0 Å². The number of hydrogen-bond donors (Lipinski definition) is 1. The first-order chi connectivity index (χ1) is 25.6. The molecule has 0 unspecified atom stereocenters. The Labute approximate surface area is 306 Å². The summed E-state index contributed by atoms with van der Waals surface area (Å²) in [6, 6.07) is 6.64. The van der Waals surface area contributed by atoms with Gasteiger partial charge in [0.1, 0.15) is 17.4 Å². The molecule has 9 rings (SSSR count). The van der Waals surface area contributed by atoms with Crippen molar-refractivity contribution < 1.29 is 27.4 Å². The number of nitrogens with zero attached hydrogens (tertiary/aromatic N) is 6. The summed E-state index contributed by atoms with van der Waals surface area (Å²) in [5.41, 5.74) is 4.45. The average Bonchev–Trinajstić information content (AvgIpc) is 3.86. The summed E-state index contributed by atoms with van der Waals surface area (Å²) in [6.07, 6.45) is 7.50. The Kier molecular flexibility index (Phi) is 8.55. The molecule has 0 radical (unpaired) electrons. The van der Waals surface area contributed by atoms with Gasteiger partial charge in [-0.1, -0.05) is 19.1 Å². The zero-order valence-corrected chi connectivity index (χ0v) is 30.2. The van der Waals surface area contributed by atoms with Crippen molar-refractivity contribution in [3.8, 4) is 22.9 Å². The van der Waals surface area contributed by atoms with Crippen LogP contribution in [0, 0.1) is 12.3 Å². The van der Waals surface area contributed by atoms with Gasteiger partial charge in [0.2, 0.25) is 5.91 Å². The van der Waals surface area contributed by atoms with Gasteiger partial charge in [-0.25, -0.2) is 0 Å². The molecule has 5 fully saturated rings. The summed E-state index contributed by atoms with van der Waals surface area (Å²) < 4.78 is 54.7. The molecule has 10 nitrogen and oxygen atoms in total. The maximum atomic E-state index is 14.1. The minimum absolute atomic E-state index is 0.0425. The fourth-order valence-electron chi connectivity index (χ4n) is 9.16. The summed E-state index contributed by atoms with van der Waals surface area (Å²) in [4.78, 5) is 28.9. The van der Waals surface area contributed by atoms with Crippen molar-refractivity contribution in [2.75, 3.05) is 50.8 Å². The van der Waals surface area contributed by atoms with Gasteiger partial charge in [0.15, 0.2) is 12.4 Å². The SMILES string of the molecule is C=CC(=O)N1CC2(CCN(c3nc(O[C@H]4C[C@H](N5CCCCC5)C4)nc4c(OCC(F)(F)F)c(-c5c(C)ccc6[nH]ncc56)c(C5CC5)cc34)CC2)C1. The van der Waals surface area contributed by atoms with Gasteiger partial charge in [0.25, 0.3) is 0 Å². The first-order valence-electron chi connectivity index (χ1n) is 19.2. The number of amides is 1. The molecular formula is C40H46F3N7O3. The number of ether oxygens (including phenoxy) is 2. The molecule has 1 amide bonds. The maximum absolute atomic E-state index is 14.1. The van der Waals surface area contributed by atoms with Crippen LogP contribution in [0.15, 0.2) is 37.1 Å². The molecule has 0 bridgehead atoms. The number of carbonyl (C=O) groups is 1. The molecule has 3 saturated heterocycles. The predicted molar refractivity (Wildman–Crippen MR) is 196 cm³/mol. The number of aromatic amines is 1. The fourth-order valence-corrected chi connectivity index (χ4v) is 9.16. The van der Waals surface area contributed by atoms with Crippen LogP contribution < -0.4 is 14.4 Å². The normalized spacial score (nSPS) is 23.2. The zero-order valence-electron chi connectivity index (χ0n) is 30.2. The van der Waals surface area contributed by atoms with Gasteiger partial charge < -0.3 is 24.2 Å². The topological polar surface area (TPSA) is 99.7 Å². The van der Waals surface area contributed by atoms with Crippen LogP contribution >= 0.6 is 0 Å². The largest absolute Gasteiger partial charge is 0.481 e. The number of carbonyl (C=O) groups excluding carboxylic acids is 1. The first-order valence-corrected chi connectivity index (χ1v) is 19.2. The Morgan fingerprint density at radius 3 is 2.49 bits per heavy atom. The lowest BCUT2D eigenvalue weighted by Gasteiger charge is -2.54. The number of alkyl halides is 3. The standard InChI is InChI=1S/C40H46F3N7O3/c1-3-32(51)50-21-39(22-50)11-15-49(16-12-39)37-29-19-28(25-8-9-25)34(33-24(2)7-10-31-30(33)20-44-47-31)36(52-23-40(41,42)43)35(29)45-38(46-37)53-27-17-26(18-27)48-13-5-4-6-14-48/h3,7,10,19-20,25-27H,1,4-6,8-9,11-18,21-23H2,2H3,(H,44,47)/t26-,27-. The van der Waals surface area contributed by atoms with E-state index in [9.17, 15) is 18.0 Å². The van der Waals surface area contributed by atoms with Gasteiger partial charge in [0.05, 0.1) is 11.7 Å². The predicted octanol–water partition coefficient (Wildman–Crippen LogP) is 7.31. The van der Waals surface area contributed by atoms with E-state index in [2.05, 4.69) is 32.6 Å². The summed E-state index contributed by atoms with van der Waals surface area (Å²) in [7, 11) is 0. The van der Waals surface area contributed by atoms with Crippen LogP contribution in [0.2, 0.25) is 0 Å². The molecule has 2 aromatic heterocycles. The number of aryl methyl sites for hydroxylation is 1. The van der Waals surface area contributed by atoms with Gasteiger partial charge in [-0.05, 0) is 99.4 Å². The molecule has 2 saturated carbocycles. The van der Waals surface area contributed by atoms with Crippen molar-refractivity contribution in [2.45, 2.75) is 89.0 Å². The quantitative estimate of drug-likeness (QED) is 0.179. The molecule has 13 heteroatoms. The molecule has 4 aromatic rings. The number of benzene rings is 2. The Hall–Kier alpha value is -4.39. The molecule has 5 aliphatic rings. The van der Waals surface area contributed by atoms with Crippen LogP contribution in [0.3, 0.4) is 0 Å². The summed E-state index contributed by atoms with van der Waals surface area (Å²) in [6.45, 7) is 9.16. The van der Waals surface area contributed by atoms with E-state index in [0.29, 0.717) is 54.5 Å². The lowest BCUT2D eigenvalue weighted by molar-refractivity contribution is -0.153. The molecule has 280 valence electrons. The highest BCUT2D eigenvalue weighted by Gasteiger charge is 2.47. The van der Waals surface area contributed by atoms with Gasteiger partial charge in [-0.15, -0.1) is 0 Å². The molecule has 53 heavy (non-hydrogen) atoms. The molecule has 0 atom stereocenters. The highest BCUT2D eigenvalue weighted by Crippen LogP contribution is 2.53. The lowest BCUT2D eigenvalue weighted by atomic mass is 9.72. The summed E-state index contributed by atoms with van der Waals surface area (Å²) >= 11 is 0. The Morgan fingerprint density at radius 2 is 1.79 bits per heavy atom. The van der Waals surface area contributed by atoms with Crippen molar-refractivity contribution in [1.29, 1.82) is 0 Å². The number of fused-ring (bicyclic) bond motifs is 2. The highest BCUT2D eigenvalue weighted by atomic mass is 19.4. The van der Waals surface area contributed by atoms with E-state index in [-0.39, 0.29) is 35.1 Å². The molecule has 2 aromatic carbocycles. The van der Waals surface area contributed by atoms with E-state index in [0.717, 1.165) is 79.2 Å². The van der Waals surface area contributed by atoms with Gasteiger partial charge in [-0.2, -0.15) is 28.2 Å². The second-order valence-corrected chi connectivity index (χ2v) is 16.0. The van der Waals surface area contributed by atoms with Gasteiger partial charge in [0, 0.05) is 66.8 Å². The third-order valence-corrected chi connectivity index (χ3v) is 12.3. The van der Waals surface area contributed by atoms with Gasteiger partial charge >= 0.3 is 12.2 Å². The van der Waals surface area contributed by atoms with E-state index in [1.807, 2.05) is 24.0 Å². The fraction of sp³-hybridized carbons (Fsp3) is 0.550. The third kappa shape index (κ3) is 6.48. The summed E-state index contributed by atoms with van der Waals surface area (Å²) in [5, 5.41) is 8.81. The monoisotopic (exact) mass is 729 g/mol. The van der Waals surface area contributed by atoms with E-state index in [1.165, 1.54) is 25.3 Å². The highest BCUT2D eigenvalue weighted by molar-refractivity contribution is 6.06. The molecule has 3 aliphatic heterocycles. The van der Waals surface area contributed by atoms with Crippen LogP contribution in [-0.2, 0) is 4.79 Å². The van der Waals surface area contributed by atoms with Crippen LogP contribution in [0.1, 0.15) is 74.8 Å². The molecule has 2 aliphatic carbocycles. The van der Waals surface area contributed by atoms with E-state index in [4.69, 9.17) is 19.4 Å². The smallest absolute Gasteiger partial charge is 0.422 e. The van der Waals surface area contributed by atoms with Crippen molar-refractivity contribution in [3.63, 3.8) is 0 Å². The number of aromatic nitrogens is 4. The average molecular weight is 730 g/mol. The van der Waals surface area contributed by atoms with Crippen LogP contribution in [0.5, 0.6) is 11.8 Å². The Balaban J connectivity index is 1.15. The Morgan fingerprint density at radius 1 is 1.04 bits per heavy atom. The van der Waals surface area contributed by atoms with Crippen molar-refractivity contribution in [2.24, 2.45) is 5.41 Å². The zero-order chi connectivity index (χ0) is 36.5. The number of anilines is 1. The van der Waals surface area contributed by atoms with Crippen molar-refractivity contribution in [1.82, 2.24) is 30.0 Å². The number of H-pyrrole nitrogens is 1. The second kappa shape index (κ2) is 13.2.